The molecule has 7 heteroatoms. The second-order valence-electron chi connectivity index (χ2n) is 10.5. The second kappa shape index (κ2) is 9.62. The van der Waals surface area contributed by atoms with Crippen molar-refractivity contribution in [1.82, 2.24) is 4.90 Å². The summed E-state index contributed by atoms with van der Waals surface area (Å²) in [5.41, 5.74) is 3.14. The van der Waals surface area contributed by atoms with Gasteiger partial charge in [-0.2, -0.15) is 0 Å². The lowest BCUT2D eigenvalue weighted by molar-refractivity contribution is -0.149. The lowest BCUT2D eigenvalue weighted by Crippen LogP contribution is -2.36. The first-order valence-electron chi connectivity index (χ1n) is 12.8. The number of aryl methyl sites for hydroxylation is 1. The Morgan fingerprint density at radius 3 is 2.89 bits per heavy atom. The summed E-state index contributed by atoms with van der Waals surface area (Å²) in [6, 6.07) is 15.6. The van der Waals surface area contributed by atoms with Crippen molar-refractivity contribution in [2.45, 2.75) is 32.8 Å². The molecule has 0 amide bonds. The maximum absolute atomic E-state index is 15.1. The largest absolute Gasteiger partial charge is 0.488 e. The second-order valence-corrected chi connectivity index (χ2v) is 11.8. The molecular formula is C30H30FNO4S. The van der Waals surface area contributed by atoms with Crippen LogP contribution in [0.15, 0.2) is 54.1 Å². The molecule has 0 radical (unpaired) electrons. The van der Waals surface area contributed by atoms with Crippen LogP contribution in [0.25, 0.3) is 17.2 Å². The molecule has 3 heterocycles. The zero-order valence-corrected chi connectivity index (χ0v) is 21.7. The highest BCUT2D eigenvalue weighted by atomic mass is 32.1. The van der Waals surface area contributed by atoms with Crippen molar-refractivity contribution in [3.8, 4) is 22.6 Å². The first kappa shape index (κ1) is 24.2. The predicted molar refractivity (Wildman–Crippen MR) is 143 cm³/mol. The van der Waals surface area contributed by atoms with E-state index in [9.17, 15) is 9.90 Å². The molecule has 1 N–H and O–H groups in total. The maximum atomic E-state index is 15.1. The van der Waals surface area contributed by atoms with Crippen molar-refractivity contribution in [3.63, 3.8) is 0 Å². The number of thiophene rings is 1. The Bertz CT molecular complexity index is 1370. The lowest BCUT2D eigenvalue weighted by atomic mass is 9.81. The Morgan fingerprint density at radius 1 is 1.27 bits per heavy atom. The molecule has 1 saturated heterocycles. The summed E-state index contributed by atoms with van der Waals surface area (Å²) in [5, 5.41) is 9.85. The summed E-state index contributed by atoms with van der Waals surface area (Å²) in [7, 11) is 0. The average Bonchev–Trinajstić information content (AvgIpc) is 3.56. The number of hydrogen-bond acceptors (Lipinski definition) is 5. The quantitative estimate of drug-likeness (QED) is 0.391. The number of halogens is 1. The minimum absolute atomic E-state index is 0.203. The van der Waals surface area contributed by atoms with Crippen LogP contribution in [0.1, 0.15) is 34.6 Å². The van der Waals surface area contributed by atoms with E-state index >= 15 is 4.39 Å². The van der Waals surface area contributed by atoms with Crippen LogP contribution in [-0.2, 0) is 11.4 Å². The molecule has 1 saturated carbocycles. The van der Waals surface area contributed by atoms with E-state index in [1.54, 1.807) is 17.4 Å². The smallest absolute Gasteiger partial charge is 0.311 e. The van der Waals surface area contributed by atoms with Gasteiger partial charge in [0.15, 0.2) is 0 Å². The van der Waals surface area contributed by atoms with E-state index in [0.717, 1.165) is 36.3 Å². The van der Waals surface area contributed by atoms with Gasteiger partial charge >= 0.3 is 5.97 Å². The molecule has 5 nitrogen and oxygen atoms in total. The van der Waals surface area contributed by atoms with Crippen LogP contribution in [0, 0.1) is 24.1 Å². The van der Waals surface area contributed by atoms with E-state index in [1.807, 2.05) is 24.3 Å². The summed E-state index contributed by atoms with van der Waals surface area (Å²) in [4.78, 5) is 16.5. The number of nitrogens with zero attached hydrogens (tertiary/aromatic N) is 1. The monoisotopic (exact) mass is 519 g/mol. The van der Waals surface area contributed by atoms with Crippen LogP contribution >= 0.6 is 11.3 Å². The van der Waals surface area contributed by atoms with Crippen LogP contribution < -0.4 is 9.47 Å². The van der Waals surface area contributed by atoms with E-state index in [2.05, 4.69) is 30.0 Å². The van der Waals surface area contributed by atoms with Crippen molar-refractivity contribution >= 4 is 23.4 Å². The standard InChI is InChI=1S/C30H30FNO4S/c1-19-25(21-6-3-2-4-7-21)13-24(37-19)17-35-23-11-27(31)26-10-20(16-36-28(26)12-23)14-32-15-22-8-5-9-30(22,18-32)29(33)34/h2-4,6-7,10-13,22H,5,8-9,14-18H2,1H3,(H,33,34). The first-order valence-corrected chi connectivity index (χ1v) is 13.6. The van der Waals surface area contributed by atoms with E-state index < -0.39 is 11.4 Å². The number of benzene rings is 2. The molecule has 192 valence electrons. The number of rotatable bonds is 7. The fourth-order valence-electron chi connectivity index (χ4n) is 6.24. The van der Waals surface area contributed by atoms with Crippen molar-refractivity contribution in [2.24, 2.45) is 11.3 Å². The van der Waals surface area contributed by atoms with Crippen LogP contribution in [-0.4, -0.2) is 42.2 Å². The molecule has 1 aliphatic carbocycles. The molecule has 1 aromatic heterocycles. The van der Waals surface area contributed by atoms with Gasteiger partial charge in [-0.15, -0.1) is 11.3 Å². The highest BCUT2D eigenvalue weighted by molar-refractivity contribution is 7.12. The third-order valence-electron chi connectivity index (χ3n) is 8.06. The van der Waals surface area contributed by atoms with E-state index in [4.69, 9.17) is 9.47 Å². The Morgan fingerprint density at radius 2 is 2.11 bits per heavy atom. The zero-order valence-electron chi connectivity index (χ0n) is 20.8. The number of carbonyl (C=O) groups is 1. The maximum Gasteiger partial charge on any atom is 0.311 e. The van der Waals surface area contributed by atoms with Crippen molar-refractivity contribution in [3.05, 3.63) is 75.2 Å². The molecular weight excluding hydrogens is 489 g/mol. The molecule has 3 aromatic rings. The molecule has 2 aliphatic heterocycles. The summed E-state index contributed by atoms with van der Waals surface area (Å²) in [6.45, 7) is 4.76. The van der Waals surface area contributed by atoms with Gasteiger partial charge in [-0.05, 0) is 54.5 Å². The average molecular weight is 520 g/mol. The number of carboxylic acid groups (broad SMARTS) is 1. The van der Waals surface area contributed by atoms with Crippen molar-refractivity contribution in [2.75, 3.05) is 26.2 Å². The summed E-state index contributed by atoms with van der Waals surface area (Å²) >= 11 is 1.68. The number of carboxylic acids is 1. The normalized spacial score (nSPS) is 22.8. The van der Waals surface area contributed by atoms with Crippen LogP contribution in [0.3, 0.4) is 0 Å². The highest BCUT2D eigenvalue weighted by Crippen LogP contribution is 2.49. The minimum Gasteiger partial charge on any atom is -0.488 e. The number of fused-ring (bicyclic) bond motifs is 2. The number of ether oxygens (including phenoxy) is 2. The summed E-state index contributed by atoms with van der Waals surface area (Å²) in [5.74, 6) is 0.0685. The Kier molecular flexibility index (Phi) is 6.29. The lowest BCUT2D eigenvalue weighted by Gasteiger charge is -2.25. The third-order valence-corrected chi connectivity index (χ3v) is 9.08. The highest BCUT2D eigenvalue weighted by Gasteiger charge is 2.54. The molecule has 0 bridgehead atoms. The fraction of sp³-hybridized carbons (Fsp3) is 0.367. The van der Waals surface area contributed by atoms with Crippen LogP contribution in [0.5, 0.6) is 11.5 Å². The third kappa shape index (κ3) is 4.55. The number of likely N-dealkylation sites (tertiary alicyclic amines) is 1. The molecule has 6 rings (SSSR count). The zero-order chi connectivity index (χ0) is 25.6. The Balaban J connectivity index is 1.13. The molecule has 2 fully saturated rings. The van der Waals surface area contributed by atoms with Crippen molar-refractivity contribution < 1.29 is 23.8 Å². The first-order chi connectivity index (χ1) is 17.9. The van der Waals surface area contributed by atoms with Gasteiger partial charge in [0, 0.05) is 41.5 Å². The molecule has 37 heavy (non-hydrogen) atoms. The number of hydrogen-bond donors (Lipinski definition) is 1. The fourth-order valence-corrected chi connectivity index (χ4v) is 7.22. The molecule has 2 atom stereocenters. The molecule has 3 aliphatic rings. The summed E-state index contributed by atoms with van der Waals surface area (Å²) in [6.07, 6.45) is 4.56. The van der Waals surface area contributed by atoms with Gasteiger partial charge in [0.25, 0.3) is 0 Å². The van der Waals surface area contributed by atoms with Gasteiger partial charge in [0.05, 0.1) is 11.0 Å². The van der Waals surface area contributed by atoms with Crippen LogP contribution in [0.4, 0.5) is 4.39 Å². The van der Waals surface area contributed by atoms with Crippen LogP contribution in [0.2, 0.25) is 0 Å². The van der Waals surface area contributed by atoms with Gasteiger partial charge < -0.3 is 14.6 Å². The minimum atomic E-state index is -0.677. The molecule has 0 spiro atoms. The topological polar surface area (TPSA) is 59.0 Å². The van der Waals surface area contributed by atoms with E-state index in [-0.39, 0.29) is 11.7 Å². The van der Waals surface area contributed by atoms with Gasteiger partial charge in [-0.1, -0.05) is 36.8 Å². The molecule has 2 aromatic carbocycles. The van der Waals surface area contributed by atoms with Crippen molar-refractivity contribution in [1.29, 1.82) is 0 Å². The van der Waals surface area contributed by atoms with Gasteiger partial charge in [-0.3, -0.25) is 9.69 Å². The van der Waals surface area contributed by atoms with E-state index in [0.29, 0.717) is 43.4 Å². The predicted octanol–water partition coefficient (Wildman–Crippen LogP) is 6.40. The number of aliphatic carboxylic acids is 1. The Labute approximate surface area is 220 Å². The van der Waals surface area contributed by atoms with Gasteiger partial charge in [0.1, 0.15) is 30.5 Å². The Hall–Kier alpha value is -3.16. The van der Waals surface area contributed by atoms with Gasteiger partial charge in [0.2, 0.25) is 0 Å². The van der Waals surface area contributed by atoms with Gasteiger partial charge in [-0.25, -0.2) is 4.39 Å². The SMILES string of the molecule is Cc1sc(COc2cc(F)c3c(c2)OCC(CN2CC4CCCC4(C(=O)O)C2)=C3)cc1-c1ccccc1. The summed E-state index contributed by atoms with van der Waals surface area (Å²) < 4.78 is 27.0. The van der Waals surface area contributed by atoms with E-state index in [1.165, 1.54) is 22.1 Å². The molecule has 2 unspecified atom stereocenters.